The fourth-order valence-corrected chi connectivity index (χ4v) is 5.10. The van der Waals surface area contributed by atoms with Crippen LogP contribution < -0.4 is 16.0 Å². The number of benzene rings is 2. The first-order valence-corrected chi connectivity index (χ1v) is 10.3. The Morgan fingerprint density at radius 3 is 2.89 bits per heavy atom. The van der Waals surface area contributed by atoms with Gasteiger partial charge in [-0.3, -0.25) is 9.59 Å². The smallest absolute Gasteiger partial charge is 0.243 e. The van der Waals surface area contributed by atoms with Crippen molar-refractivity contribution in [2.24, 2.45) is 5.92 Å². The zero-order valence-electron chi connectivity index (χ0n) is 15.3. The summed E-state index contributed by atoms with van der Waals surface area (Å²) in [5, 5.41) is 11.1. The molecule has 1 aliphatic heterocycles. The van der Waals surface area contributed by atoms with Crippen molar-refractivity contribution in [3.05, 3.63) is 48.8 Å². The van der Waals surface area contributed by atoms with Crippen LogP contribution >= 0.6 is 11.8 Å². The molecular formula is C21H22FN3O2S. The Morgan fingerprint density at radius 1 is 1.21 bits per heavy atom. The lowest BCUT2D eigenvalue weighted by Gasteiger charge is -2.29. The van der Waals surface area contributed by atoms with Gasteiger partial charge in [-0.15, -0.1) is 0 Å². The highest BCUT2D eigenvalue weighted by Crippen LogP contribution is 2.42. The summed E-state index contributed by atoms with van der Waals surface area (Å²) in [6.07, 6.45) is 4.50. The van der Waals surface area contributed by atoms with Crippen LogP contribution in [0.3, 0.4) is 0 Å². The van der Waals surface area contributed by atoms with Crippen molar-refractivity contribution in [2.75, 3.05) is 5.32 Å². The van der Waals surface area contributed by atoms with Crippen LogP contribution in [0.15, 0.2) is 47.9 Å². The van der Waals surface area contributed by atoms with Crippen molar-refractivity contribution in [3.8, 4) is 0 Å². The molecule has 0 spiro atoms. The highest BCUT2D eigenvalue weighted by Gasteiger charge is 2.31. The molecule has 2 aromatic carbocycles. The van der Waals surface area contributed by atoms with Crippen LogP contribution in [-0.4, -0.2) is 23.4 Å². The van der Waals surface area contributed by atoms with Gasteiger partial charge in [-0.1, -0.05) is 36.9 Å². The van der Waals surface area contributed by atoms with Crippen molar-refractivity contribution >= 4 is 40.0 Å². The average Bonchev–Trinajstić information content (AvgIpc) is 3.10. The van der Waals surface area contributed by atoms with Gasteiger partial charge >= 0.3 is 0 Å². The summed E-state index contributed by atoms with van der Waals surface area (Å²) in [5.74, 6) is -0.590. The van der Waals surface area contributed by atoms with E-state index in [9.17, 15) is 14.0 Å². The molecule has 2 amide bonds. The molecule has 146 valence electrons. The standard InChI is InChI=1S/C21H22FN3O2S/c1-2-18(26)23-15-5-3-4-13(11-15)20(27)25-21-24-17-9-6-12-10-14(22)7-8-16(12)19(17)28-21/h2,6-10,13,15,21,24H,1,3-5,11H2,(H,23,26)(H,25,27)/t13-,15+,21?/m0/s1. The third kappa shape index (κ3) is 3.85. The van der Waals surface area contributed by atoms with Crippen molar-refractivity contribution in [1.29, 1.82) is 0 Å². The normalized spacial score (nSPS) is 23.5. The Labute approximate surface area is 167 Å². The Bertz CT molecular complexity index is 949. The van der Waals surface area contributed by atoms with E-state index in [1.165, 1.54) is 30.0 Å². The second kappa shape index (κ2) is 7.83. The maximum Gasteiger partial charge on any atom is 0.243 e. The Hall–Kier alpha value is -2.54. The number of hydrogen-bond donors (Lipinski definition) is 3. The van der Waals surface area contributed by atoms with Crippen LogP contribution in [0.2, 0.25) is 0 Å². The summed E-state index contributed by atoms with van der Waals surface area (Å²) in [6, 6.07) is 8.54. The molecule has 2 aliphatic rings. The summed E-state index contributed by atoms with van der Waals surface area (Å²) in [6.45, 7) is 3.47. The van der Waals surface area contributed by atoms with E-state index in [-0.39, 0.29) is 35.1 Å². The van der Waals surface area contributed by atoms with Crippen LogP contribution in [-0.2, 0) is 9.59 Å². The van der Waals surface area contributed by atoms with Crippen LogP contribution in [0.4, 0.5) is 10.1 Å². The number of rotatable bonds is 4. The van der Waals surface area contributed by atoms with Gasteiger partial charge in [-0.2, -0.15) is 0 Å². The van der Waals surface area contributed by atoms with Crippen LogP contribution in [0.1, 0.15) is 25.7 Å². The Kier molecular flexibility index (Phi) is 5.26. The van der Waals surface area contributed by atoms with Gasteiger partial charge in [0, 0.05) is 16.9 Å². The van der Waals surface area contributed by atoms with Gasteiger partial charge in [0.05, 0.1) is 5.69 Å². The number of nitrogens with one attached hydrogen (secondary N) is 3. The molecule has 1 fully saturated rings. The third-order valence-electron chi connectivity index (χ3n) is 5.30. The molecular weight excluding hydrogens is 377 g/mol. The number of amides is 2. The fraction of sp³-hybridized carbons (Fsp3) is 0.333. The molecule has 1 heterocycles. The zero-order chi connectivity index (χ0) is 19.7. The first-order valence-electron chi connectivity index (χ1n) is 9.42. The summed E-state index contributed by atoms with van der Waals surface area (Å²) in [7, 11) is 0. The zero-order valence-corrected chi connectivity index (χ0v) is 16.2. The molecule has 5 nitrogen and oxygen atoms in total. The van der Waals surface area contributed by atoms with E-state index in [0.717, 1.165) is 40.6 Å². The van der Waals surface area contributed by atoms with E-state index < -0.39 is 0 Å². The molecule has 0 aromatic heterocycles. The summed E-state index contributed by atoms with van der Waals surface area (Å²) < 4.78 is 13.5. The quantitative estimate of drug-likeness (QED) is 0.685. The summed E-state index contributed by atoms with van der Waals surface area (Å²) in [5.41, 5.74) is 0.676. The van der Waals surface area contributed by atoms with Crippen molar-refractivity contribution in [2.45, 2.75) is 42.1 Å². The molecule has 3 atom stereocenters. The number of carbonyl (C=O) groups is 2. The van der Waals surface area contributed by atoms with Gasteiger partial charge in [0.1, 0.15) is 5.82 Å². The number of hydrogen-bond acceptors (Lipinski definition) is 4. The van der Waals surface area contributed by atoms with Crippen molar-refractivity contribution < 1.29 is 14.0 Å². The highest BCUT2D eigenvalue weighted by atomic mass is 32.2. The van der Waals surface area contributed by atoms with Crippen molar-refractivity contribution in [3.63, 3.8) is 0 Å². The molecule has 2 aromatic rings. The molecule has 1 unspecified atom stereocenters. The minimum atomic E-state index is -0.263. The van der Waals surface area contributed by atoms with E-state index in [1.54, 1.807) is 6.07 Å². The van der Waals surface area contributed by atoms with E-state index in [1.807, 2.05) is 12.1 Å². The third-order valence-corrected chi connectivity index (χ3v) is 6.45. The fourth-order valence-electron chi connectivity index (χ4n) is 3.93. The van der Waals surface area contributed by atoms with E-state index in [4.69, 9.17) is 0 Å². The van der Waals surface area contributed by atoms with Gasteiger partial charge in [-0.25, -0.2) is 4.39 Å². The maximum atomic E-state index is 13.5. The number of fused-ring (bicyclic) bond motifs is 3. The van der Waals surface area contributed by atoms with E-state index in [0.29, 0.717) is 6.42 Å². The molecule has 7 heteroatoms. The maximum absolute atomic E-state index is 13.5. The highest BCUT2D eigenvalue weighted by molar-refractivity contribution is 8.00. The van der Waals surface area contributed by atoms with Gasteiger partial charge in [0.15, 0.2) is 5.50 Å². The topological polar surface area (TPSA) is 70.2 Å². The Morgan fingerprint density at radius 2 is 2.07 bits per heavy atom. The number of anilines is 1. The van der Waals surface area contributed by atoms with Gasteiger partial charge in [-0.05, 0) is 54.3 Å². The van der Waals surface area contributed by atoms with E-state index in [2.05, 4.69) is 22.5 Å². The molecule has 1 aliphatic carbocycles. The number of thioether (sulfide) groups is 1. The van der Waals surface area contributed by atoms with Crippen LogP contribution in [0, 0.1) is 11.7 Å². The predicted octanol–water partition coefficient (Wildman–Crippen LogP) is 3.76. The largest absolute Gasteiger partial charge is 0.356 e. The minimum Gasteiger partial charge on any atom is -0.356 e. The van der Waals surface area contributed by atoms with Gasteiger partial charge in [0.25, 0.3) is 0 Å². The number of halogens is 1. The second-order valence-corrected chi connectivity index (χ2v) is 8.35. The molecule has 3 N–H and O–H groups in total. The first-order chi connectivity index (χ1) is 13.5. The van der Waals surface area contributed by atoms with Gasteiger partial charge < -0.3 is 16.0 Å². The molecule has 28 heavy (non-hydrogen) atoms. The summed E-state index contributed by atoms with van der Waals surface area (Å²) >= 11 is 1.53. The monoisotopic (exact) mass is 399 g/mol. The van der Waals surface area contributed by atoms with Crippen LogP contribution in [0.25, 0.3) is 10.8 Å². The lowest BCUT2D eigenvalue weighted by molar-refractivity contribution is -0.127. The SMILES string of the molecule is C=CC(=O)N[C@@H]1CCC[C@H](C(=O)NC2Nc3ccc4cc(F)ccc4c3S2)C1. The lowest BCUT2D eigenvalue weighted by Crippen LogP contribution is -2.45. The number of carbonyl (C=O) groups excluding carboxylic acids is 2. The van der Waals surface area contributed by atoms with Gasteiger partial charge in [0.2, 0.25) is 11.8 Å². The first kappa shape index (κ1) is 18.8. The lowest BCUT2D eigenvalue weighted by atomic mass is 9.85. The van der Waals surface area contributed by atoms with Crippen molar-refractivity contribution in [1.82, 2.24) is 10.6 Å². The predicted molar refractivity (Wildman–Crippen MR) is 109 cm³/mol. The van der Waals surface area contributed by atoms with E-state index >= 15 is 0 Å². The second-order valence-electron chi connectivity index (χ2n) is 7.23. The molecule has 4 rings (SSSR count). The Balaban J connectivity index is 1.40. The van der Waals surface area contributed by atoms with Crippen LogP contribution in [0.5, 0.6) is 0 Å². The molecule has 0 saturated heterocycles. The minimum absolute atomic E-state index is 0.00860. The average molecular weight is 399 g/mol. The molecule has 0 bridgehead atoms. The summed E-state index contributed by atoms with van der Waals surface area (Å²) in [4.78, 5) is 25.3. The molecule has 0 radical (unpaired) electrons. The molecule has 1 saturated carbocycles.